The van der Waals surface area contributed by atoms with Crippen LogP contribution >= 0.6 is 0 Å². The second-order valence-corrected chi connectivity index (χ2v) is 6.31. The van der Waals surface area contributed by atoms with Crippen molar-refractivity contribution in [2.75, 3.05) is 17.2 Å². The first-order valence-electron chi connectivity index (χ1n) is 8.94. The molecule has 0 bridgehead atoms. The molecule has 0 fully saturated rings. The van der Waals surface area contributed by atoms with E-state index in [1.807, 2.05) is 24.3 Å². The molecule has 0 unspecified atom stereocenters. The first-order chi connectivity index (χ1) is 14.0. The molecule has 3 aromatic carbocycles. The summed E-state index contributed by atoms with van der Waals surface area (Å²) in [5.41, 5.74) is 3.77. The molecule has 0 aliphatic rings. The van der Waals surface area contributed by atoms with Gasteiger partial charge in [0.1, 0.15) is 5.75 Å². The summed E-state index contributed by atoms with van der Waals surface area (Å²) in [7, 11) is 0. The molecule has 0 aliphatic heterocycles. The number of amides is 2. The lowest BCUT2D eigenvalue weighted by Crippen LogP contribution is -2.20. The van der Waals surface area contributed by atoms with Gasteiger partial charge in [0.15, 0.2) is 6.61 Å². The maximum absolute atomic E-state index is 12.1. The minimum Gasteiger partial charge on any atom is -0.484 e. The van der Waals surface area contributed by atoms with E-state index in [1.54, 1.807) is 48.5 Å². The van der Waals surface area contributed by atoms with Crippen LogP contribution in [0.4, 0.5) is 11.4 Å². The van der Waals surface area contributed by atoms with Crippen molar-refractivity contribution in [3.05, 3.63) is 78.4 Å². The highest BCUT2D eigenvalue weighted by Gasteiger charge is 2.06. The number of nitrogens with one attached hydrogen (secondary N) is 2. The maximum atomic E-state index is 12.1. The van der Waals surface area contributed by atoms with Crippen molar-refractivity contribution in [2.24, 2.45) is 0 Å². The van der Waals surface area contributed by atoms with Crippen LogP contribution in [0.5, 0.6) is 5.75 Å². The zero-order valence-electron chi connectivity index (χ0n) is 15.8. The largest absolute Gasteiger partial charge is 0.484 e. The van der Waals surface area contributed by atoms with Gasteiger partial charge >= 0.3 is 0 Å². The first kappa shape index (κ1) is 19.6. The number of hydrogen-bond donors (Lipinski definition) is 2. The molecule has 6 heteroatoms. The highest BCUT2D eigenvalue weighted by Crippen LogP contribution is 2.23. The Morgan fingerprint density at radius 2 is 1.48 bits per heavy atom. The van der Waals surface area contributed by atoms with Crippen LogP contribution in [-0.2, 0) is 9.59 Å². The topological polar surface area (TPSA) is 91.2 Å². The van der Waals surface area contributed by atoms with Gasteiger partial charge in [0.25, 0.3) is 5.91 Å². The number of nitrogens with zero attached hydrogens (tertiary/aromatic N) is 1. The van der Waals surface area contributed by atoms with Gasteiger partial charge in [-0.15, -0.1) is 0 Å². The summed E-state index contributed by atoms with van der Waals surface area (Å²) in [6, 6.07) is 23.7. The number of hydrogen-bond acceptors (Lipinski definition) is 4. The molecular weight excluding hydrogens is 366 g/mol. The van der Waals surface area contributed by atoms with Crippen LogP contribution in [0.2, 0.25) is 0 Å². The summed E-state index contributed by atoms with van der Waals surface area (Å²) in [6.07, 6.45) is 0. The Morgan fingerprint density at radius 1 is 0.897 bits per heavy atom. The third kappa shape index (κ3) is 5.68. The van der Waals surface area contributed by atoms with Crippen molar-refractivity contribution in [1.29, 1.82) is 5.26 Å². The van der Waals surface area contributed by atoms with Gasteiger partial charge in [0.05, 0.1) is 11.6 Å². The van der Waals surface area contributed by atoms with Crippen LogP contribution in [0.3, 0.4) is 0 Å². The minimum absolute atomic E-state index is 0.138. The molecule has 0 spiro atoms. The maximum Gasteiger partial charge on any atom is 0.262 e. The molecule has 0 radical (unpaired) electrons. The van der Waals surface area contributed by atoms with E-state index in [0.717, 1.165) is 11.1 Å². The summed E-state index contributed by atoms with van der Waals surface area (Å²) in [5, 5.41) is 14.3. The molecule has 0 aliphatic carbocycles. The Bertz CT molecular complexity index is 1050. The van der Waals surface area contributed by atoms with E-state index in [1.165, 1.54) is 6.92 Å². The average molecular weight is 385 g/mol. The Kier molecular flexibility index (Phi) is 6.23. The zero-order valence-corrected chi connectivity index (χ0v) is 15.8. The SMILES string of the molecule is CC(=O)Nc1cccc(NC(=O)COc2ccc(-c3ccc(C#N)cc3)cc2)c1. The summed E-state index contributed by atoms with van der Waals surface area (Å²) in [4.78, 5) is 23.2. The quantitative estimate of drug-likeness (QED) is 0.665. The average Bonchev–Trinajstić information content (AvgIpc) is 2.72. The molecule has 29 heavy (non-hydrogen) atoms. The molecule has 0 saturated heterocycles. The predicted molar refractivity (Wildman–Crippen MR) is 111 cm³/mol. The summed E-state index contributed by atoms with van der Waals surface area (Å²) in [5.74, 6) is 0.0898. The summed E-state index contributed by atoms with van der Waals surface area (Å²) in [6.45, 7) is 1.28. The molecular formula is C23H19N3O3. The smallest absolute Gasteiger partial charge is 0.262 e. The second-order valence-electron chi connectivity index (χ2n) is 6.31. The van der Waals surface area contributed by atoms with Crippen LogP contribution in [-0.4, -0.2) is 18.4 Å². The van der Waals surface area contributed by atoms with Crippen LogP contribution in [0.15, 0.2) is 72.8 Å². The summed E-state index contributed by atoms with van der Waals surface area (Å²) >= 11 is 0. The molecule has 3 rings (SSSR count). The molecule has 144 valence electrons. The molecule has 0 heterocycles. The van der Waals surface area contributed by atoms with Crippen molar-refractivity contribution in [1.82, 2.24) is 0 Å². The third-order valence-electron chi connectivity index (χ3n) is 4.04. The molecule has 0 atom stereocenters. The Labute approximate surface area is 168 Å². The fourth-order valence-corrected chi connectivity index (χ4v) is 2.70. The van der Waals surface area contributed by atoms with E-state index < -0.39 is 0 Å². The molecule has 3 aromatic rings. The van der Waals surface area contributed by atoms with Crippen LogP contribution < -0.4 is 15.4 Å². The van der Waals surface area contributed by atoms with Gasteiger partial charge in [-0.05, 0) is 53.6 Å². The highest BCUT2D eigenvalue weighted by atomic mass is 16.5. The van der Waals surface area contributed by atoms with Gasteiger partial charge < -0.3 is 15.4 Å². The van der Waals surface area contributed by atoms with Gasteiger partial charge in [-0.2, -0.15) is 5.26 Å². The number of nitriles is 1. The lowest BCUT2D eigenvalue weighted by molar-refractivity contribution is -0.118. The second kappa shape index (κ2) is 9.20. The predicted octanol–water partition coefficient (Wildman–Crippen LogP) is 4.20. The van der Waals surface area contributed by atoms with Crippen molar-refractivity contribution in [2.45, 2.75) is 6.92 Å². The monoisotopic (exact) mass is 385 g/mol. The van der Waals surface area contributed by atoms with Gasteiger partial charge in [0, 0.05) is 18.3 Å². The number of anilines is 2. The Balaban J connectivity index is 1.55. The van der Waals surface area contributed by atoms with E-state index in [4.69, 9.17) is 10.00 Å². The zero-order chi connectivity index (χ0) is 20.6. The van der Waals surface area contributed by atoms with E-state index in [2.05, 4.69) is 16.7 Å². The van der Waals surface area contributed by atoms with E-state index in [0.29, 0.717) is 22.7 Å². The van der Waals surface area contributed by atoms with Crippen molar-refractivity contribution < 1.29 is 14.3 Å². The van der Waals surface area contributed by atoms with Crippen molar-refractivity contribution >= 4 is 23.2 Å². The van der Waals surface area contributed by atoms with Crippen LogP contribution in [0.1, 0.15) is 12.5 Å². The lowest BCUT2D eigenvalue weighted by Gasteiger charge is -2.10. The third-order valence-corrected chi connectivity index (χ3v) is 4.04. The van der Waals surface area contributed by atoms with Crippen molar-refractivity contribution in [3.63, 3.8) is 0 Å². The highest BCUT2D eigenvalue weighted by molar-refractivity contribution is 5.94. The Morgan fingerprint density at radius 3 is 2.07 bits per heavy atom. The number of carbonyl (C=O) groups excluding carboxylic acids is 2. The molecule has 2 N–H and O–H groups in total. The normalized spacial score (nSPS) is 9.93. The Hall–Kier alpha value is -4.11. The van der Waals surface area contributed by atoms with E-state index >= 15 is 0 Å². The number of benzene rings is 3. The van der Waals surface area contributed by atoms with Crippen LogP contribution in [0, 0.1) is 11.3 Å². The first-order valence-corrected chi connectivity index (χ1v) is 8.94. The van der Waals surface area contributed by atoms with Crippen LogP contribution in [0.25, 0.3) is 11.1 Å². The fraction of sp³-hybridized carbons (Fsp3) is 0.0870. The van der Waals surface area contributed by atoms with Gasteiger partial charge in [-0.25, -0.2) is 0 Å². The molecule has 0 saturated carbocycles. The number of rotatable bonds is 6. The number of carbonyl (C=O) groups is 2. The molecule has 0 aromatic heterocycles. The number of ether oxygens (including phenoxy) is 1. The lowest BCUT2D eigenvalue weighted by atomic mass is 10.0. The van der Waals surface area contributed by atoms with Gasteiger partial charge in [-0.3, -0.25) is 9.59 Å². The van der Waals surface area contributed by atoms with E-state index in [-0.39, 0.29) is 18.4 Å². The molecule has 6 nitrogen and oxygen atoms in total. The van der Waals surface area contributed by atoms with Crippen molar-refractivity contribution in [3.8, 4) is 22.9 Å². The standard InChI is InChI=1S/C23H19N3O3/c1-16(27)25-20-3-2-4-21(13-20)26-23(28)15-29-22-11-9-19(10-12-22)18-7-5-17(14-24)6-8-18/h2-13H,15H2,1H3,(H,25,27)(H,26,28). The van der Waals surface area contributed by atoms with E-state index in [9.17, 15) is 9.59 Å². The van der Waals surface area contributed by atoms with Gasteiger partial charge in [0.2, 0.25) is 5.91 Å². The van der Waals surface area contributed by atoms with Gasteiger partial charge in [-0.1, -0.05) is 30.3 Å². The fourth-order valence-electron chi connectivity index (χ4n) is 2.70. The minimum atomic E-state index is -0.304. The molecule has 2 amide bonds. The summed E-state index contributed by atoms with van der Waals surface area (Å²) < 4.78 is 5.54.